The van der Waals surface area contributed by atoms with E-state index in [0.717, 1.165) is 5.56 Å². The lowest BCUT2D eigenvalue weighted by Gasteiger charge is -2.28. The Labute approximate surface area is 117 Å². The highest BCUT2D eigenvalue weighted by molar-refractivity contribution is 7.89. The monoisotopic (exact) mass is 290 g/mol. The number of rotatable bonds is 2. The predicted molar refractivity (Wildman–Crippen MR) is 76.1 cm³/mol. The Morgan fingerprint density at radius 2 is 1.85 bits per heavy atom. The molecule has 0 saturated carbocycles. The zero-order valence-corrected chi connectivity index (χ0v) is 11.6. The topological polar surface area (TPSA) is 67.4 Å². The lowest BCUT2D eigenvalue weighted by Crippen LogP contribution is -2.38. The van der Waals surface area contributed by atoms with Crippen molar-refractivity contribution in [1.29, 1.82) is 0 Å². The fraction of sp³-hybridized carbons (Fsp3) is 0.143. The van der Waals surface area contributed by atoms with Gasteiger partial charge in [0.15, 0.2) is 0 Å². The van der Waals surface area contributed by atoms with Crippen LogP contribution in [0.5, 0.6) is 5.75 Å². The molecule has 1 heterocycles. The minimum absolute atomic E-state index is 0.198. The van der Waals surface area contributed by atoms with Crippen molar-refractivity contribution in [2.75, 3.05) is 12.4 Å². The summed E-state index contributed by atoms with van der Waals surface area (Å²) in [5, 5.41) is 3.17. The molecule has 2 aromatic carbocycles. The van der Waals surface area contributed by atoms with Gasteiger partial charge in [-0.15, -0.1) is 0 Å². The van der Waals surface area contributed by atoms with Gasteiger partial charge in [0, 0.05) is 6.07 Å². The highest BCUT2D eigenvalue weighted by Crippen LogP contribution is 2.33. The molecule has 1 unspecified atom stereocenters. The molecule has 2 N–H and O–H groups in total. The average molecular weight is 290 g/mol. The molecule has 0 spiro atoms. The van der Waals surface area contributed by atoms with Crippen LogP contribution in [0.2, 0.25) is 0 Å². The Balaban J connectivity index is 2.05. The van der Waals surface area contributed by atoms with E-state index < -0.39 is 16.2 Å². The first-order chi connectivity index (χ1) is 9.60. The number of nitrogens with one attached hydrogen (secondary N) is 2. The normalized spacial score (nSPS) is 19.8. The predicted octanol–water partition coefficient (Wildman–Crippen LogP) is 2.10. The second-order valence-electron chi connectivity index (χ2n) is 4.47. The molecule has 5 nitrogen and oxygen atoms in total. The summed E-state index contributed by atoms with van der Waals surface area (Å²) in [5.74, 6) is 0.508. The Kier molecular flexibility index (Phi) is 3.11. The molecule has 2 aromatic rings. The number of methoxy groups -OCH3 is 1. The third-order valence-electron chi connectivity index (χ3n) is 3.18. The lowest BCUT2D eigenvalue weighted by molar-refractivity contribution is 0.413. The summed E-state index contributed by atoms with van der Waals surface area (Å²) in [4.78, 5) is 0.198. The van der Waals surface area contributed by atoms with Crippen molar-refractivity contribution in [2.24, 2.45) is 0 Å². The molecule has 0 saturated heterocycles. The minimum Gasteiger partial charge on any atom is -0.497 e. The van der Waals surface area contributed by atoms with Gasteiger partial charge < -0.3 is 10.1 Å². The van der Waals surface area contributed by atoms with E-state index in [1.54, 1.807) is 12.1 Å². The molecule has 1 aliphatic rings. The summed E-state index contributed by atoms with van der Waals surface area (Å²) in [6.07, 6.45) is -0.470. The maximum atomic E-state index is 12.3. The fourth-order valence-electron chi connectivity index (χ4n) is 2.17. The van der Waals surface area contributed by atoms with Gasteiger partial charge in [0.05, 0.1) is 12.8 Å². The van der Waals surface area contributed by atoms with Crippen molar-refractivity contribution in [3.63, 3.8) is 0 Å². The largest absolute Gasteiger partial charge is 0.497 e. The molecular weight excluding hydrogens is 276 g/mol. The molecule has 1 aliphatic heterocycles. The number of sulfonamides is 1. The van der Waals surface area contributed by atoms with Crippen LogP contribution in [0.1, 0.15) is 11.7 Å². The van der Waals surface area contributed by atoms with Crippen LogP contribution < -0.4 is 14.8 Å². The summed E-state index contributed by atoms with van der Waals surface area (Å²) in [5.41, 5.74) is 1.43. The summed E-state index contributed by atoms with van der Waals surface area (Å²) in [6, 6.07) is 14.3. The molecule has 0 aliphatic carbocycles. The third-order valence-corrected chi connectivity index (χ3v) is 4.65. The van der Waals surface area contributed by atoms with Gasteiger partial charge in [0.1, 0.15) is 16.8 Å². The number of anilines is 1. The molecule has 0 amide bonds. The van der Waals surface area contributed by atoms with Gasteiger partial charge in [0.2, 0.25) is 10.0 Å². The second-order valence-corrected chi connectivity index (χ2v) is 6.15. The first kappa shape index (κ1) is 13.0. The van der Waals surface area contributed by atoms with Crippen LogP contribution in [0.15, 0.2) is 53.4 Å². The summed E-state index contributed by atoms with van der Waals surface area (Å²) >= 11 is 0. The third kappa shape index (κ3) is 2.23. The van der Waals surface area contributed by atoms with E-state index in [0.29, 0.717) is 11.4 Å². The maximum absolute atomic E-state index is 12.3. The number of hydrogen-bond donors (Lipinski definition) is 2. The van der Waals surface area contributed by atoms with Crippen LogP contribution in [0.25, 0.3) is 0 Å². The van der Waals surface area contributed by atoms with Gasteiger partial charge >= 0.3 is 0 Å². The molecule has 0 bridgehead atoms. The van der Waals surface area contributed by atoms with Crippen molar-refractivity contribution >= 4 is 15.7 Å². The van der Waals surface area contributed by atoms with Gasteiger partial charge in [-0.05, 0) is 17.7 Å². The first-order valence-corrected chi connectivity index (χ1v) is 7.60. The van der Waals surface area contributed by atoms with Gasteiger partial charge in [-0.1, -0.05) is 30.3 Å². The Morgan fingerprint density at radius 1 is 1.10 bits per heavy atom. The first-order valence-electron chi connectivity index (χ1n) is 6.12. The number of benzene rings is 2. The van der Waals surface area contributed by atoms with E-state index >= 15 is 0 Å². The SMILES string of the molecule is COc1ccc2c(c1)S(=O)(=O)NC(c1ccccc1)N2. The van der Waals surface area contributed by atoms with Crippen molar-refractivity contribution < 1.29 is 13.2 Å². The van der Waals surface area contributed by atoms with E-state index in [-0.39, 0.29) is 4.90 Å². The average Bonchev–Trinajstić information content (AvgIpc) is 2.47. The zero-order valence-electron chi connectivity index (χ0n) is 10.8. The second kappa shape index (κ2) is 4.81. The molecule has 0 fully saturated rings. The highest BCUT2D eigenvalue weighted by atomic mass is 32.2. The van der Waals surface area contributed by atoms with Crippen LogP contribution in [-0.2, 0) is 10.0 Å². The molecule has 6 heteroatoms. The van der Waals surface area contributed by atoms with Crippen molar-refractivity contribution in [2.45, 2.75) is 11.1 Å². The smallest absolute Gasteiger partial charge is 0.244 e. The molecule has 1 atom stereocenters. The van der Waals surface area contributed by atoms with E-state index in [4.69, 9.17) is 4.74 Å². The Hall–Kier alpha value is -2.05. The van der Waals surface area contributed by atoms with Crippen molar-refractivity contribution in [1.82, 2.24) is 4.72 Å². The summed E-state index contributed by atoms with van der Waals surface area (Å²) in [6.45, 7) is 0. The Bertz CT molecular complexity index is 729. The van der Waals surface area contributed by atoms with Crippen molar-refractivity contribution in [3.8, 4) is 5.75 Å². The summed E-state index contributed by atoms with van der Waals surface area (Å²) < 4.78 is 32.3. The minimum atomic E-state index is -3.56. The van der Waals surface area contributed by atoms with Crippen LogP contribution in [0, 0.1) is 0 Å². The molecule has 104 valence electrons. The van der Waals surface area contributed by atoms with Gasteiger partial charge in [-0.3, -0.25) is 0 Å². The number of hydrogen-bond acceptors (Lipinski definition) is 4. The lowest BCUT2D eigenvalue weighted by atomic mass is 10.1. The van der Waals surface area contributed by atoms with Gasteiger partial charge in [-0.2, -0.15) is 4.72 Å². The standard InChI is InChI=1S/C14H14N2O3S/c1-19-11-7-8-12-13(9-11)20(17,18)16-14(15-12)10-5-3-2-4-6-10/h2-9,14-16H,1H3. The number of fused-ring (bicyclic) bond motifs is 1. The maximum Gasteiger partial charge on any atom is 0.244 e. The van der Waals surface area contributed by atoms with Crippen LogP contribution in [-0.4, -0.2) is 15.5 Å². The van der Waals surface area contributed by atoms with Crippen LogP contribution in [0.4, 0.5) is 5.69 Å². The van der Waals surface area contributed by atoms with Crippen LogP contribution in [0.3, 0.4) is 0 Å². The highest BCUT2D eigenvalue weighted by Gasteiger charge is 2.30. The molecule has 0 radical (unpaired) electrons. The van der Waals surface area contributed by atoms with Gasteiger partial charge in [0.25, 0.3) is 0 Å². The fourth-order valence-corrected chi connectivity index (χ4v) is 3.49. The Morgan fingerprint density at radius 3 is 2.55 bits per heavy atom. The quantitative estimate of drug-likeness (QED) is 0.889. The molecule has 3 rings (SSSR count). The van der Waals surface area contributed by atoms with E-state index in [9.17, 15) is 8.42 Å². The summed E-state index contributed by atoms with van der Waals surface area (Å²) in [7, 11) is -2.06. The van der Waals surface area contributed by atoms with Crippen molar-refractivity contribution in [3.05, 3.63) is 54.1 Å². The molecular formula is C14H14N2O3S. The van der Waals surface area contributed by atoms with E-state index in [1.165, 1.54) is 13.2 Å². The molecule has 0 aromatic heterocycles. The molecule has 20 heavy (non-hydrogen) atoms. The van der Waals surface area contributed by atoms with E-state index in [2.05, 4.69) is 10.0 Å². The van der Waals surface area contributed by atoms with Gasteiger partial charge in [-0.25, -0.2) is 8.42 Å². The van der Waals surface area contributed by atoms with E-state index in [1.807, 2.05) is 30.3 Å². The number of ether oxygens (including phenoxy) is 1. The zero-order chi connectivity index (χ0) is 14.2. The van der Waals surface area contributed by atoms with Crippen LogP contribution >= 0.6 is 0 Å².